The molecular weight excluding hydrogens is 401 g/mol. The second-order valence-electron chi connectivity index (χ2n) is 6.65. The summed E-state index contributed by atoms with van der Waals surface area (Å²) in [6, 6.07) is 5.19. The molecule has 1 aliphatic heterocycles. The van der Waals surface area contributed by atoms with Crippen LogP contribution >= 0.6 is 12.4 Å². The molecule has 1 saturated heterocycles. The van der Waals surface area contributed by atoms with Gasteiger partial charge in [0.25, 0.3) is 5.91 Å². The van der Waals surface area contributed by atoms with Gasteiger partial charge in [-0.3, -0.25) is 9.59 Å². The maximum absolute atomic E-state index is 13.2. The predicted octanol–water partition coefficient (Wildman–Crippen LogP) is 2.19. The highest BCUT2D eigenvalue weighted by molar-refractivity contribution is 5.92. The Bertz CT molecular complexity index is 808. The van der Waals surface area contributed by atoms with Crippen molar-refractivity contribution in [3.8, 4) is 0 Å². The first-order chi connectivity index (χ1) is 13.6. The first kappa shape index (κ1) is 22.8. The number of nitrogens with one attached hydrogen (secondary N) is 2. The molecule has 2 N–H and O–H groups in total. The van der Waals surface area contributed by atoms with Crippen molar-refractivity contribution in [3.05, 3.63) is 47.5 Å². The number of halogens is 2. The zero-order valence-electron chi connectivity index (χ0n) is 16.1. The SMILES string of the molecule is CCOC(=O)CC(NC(=O)c1cn(C2CCNCC2)nn1)c1ccc(F)cc1.Cl. The van der Waals surface area contributed by atoms with Gasteiger partial charge >= 0.3 is 5.97 Å². The number of hydrogen-bond acceptors (Lipinski definition) is 6. The molecule has 8 nitrogen and oxygen atoms in total. The lowest BCUT2D eigenvalue weighted by molar-refractivity contribution is -0.143. The van der Waals surface area contributed by atoms with Crippen LogP contribution in [0.15, 0.2) is 30.5 Å². The molecule has 10 heteroatoms. The Kier molecular flexibility index (Phi) is 8.53. The van der Waals surface area contributed by atoms with Gasteiger partial charge in [-0.15, -0.1) is 17.5 Å². The third-order valence-electron chi connectivity index (χ3n) is 4.68. The largest absolute Gasteiger partial charge is 0.466 e. The first-order valence-corrected chi connectivity index (χ1v) is 9.41. The minimum absolute atomic E-state index is 0. The number of ether oxygens (including phenoxy) is 1. The molecule has 0 aliphatic carbocycles. The van der Waals surface area contributed by atoms with Crippen molar-refractivity contribution in [3.63, 3.8) is 0 Å². The molecule has 0 saturated carbocycles. The molecule has 1 atom stereocenters. The van der Waals surface area contributed by atoms with E-state index in [0.717, 1.165) is 25.9 Å². The molecule has 1 aromatic heterocycles. The number of benzene rings is 1. The number of hydrogen-bond donors (Lipinski definition) is 2. The smallest absolute Gasteiger partial charge is 0.308 e. The van der Waals surface area contributed by atoms with Gasteiger partial charge in [-0.1, -0.05) is 17.3 Å². The minimum Gasteiger partial charge on any atom is -0.466 e. The molecule has 2 heterocycles. The van der Waals surface area contributed by atoms with E-state index in [-0.39, 0.29) is 37.2 Å². The van der Waals surface area contributed by atoms with E-state index in [9.17, 15) is 14.0 Å². The number of aromatic nitrogens is 3. The van der Waals surface area contributed by atoms with E-state index in [4.69, 9.17) is 4.74 Å². The molecule has 1 aromatic carbocycles. The van der Waals surface area contributed by atoms with Crippen molar-refractivity contribution < 1.29 is 18.7 Å². The van der Waals surface area contributed by atoms with Gasteiger partial charge in [0.05, 0.1) is 31.3 Å². The van der Waals surface area contributed by atoms with E-state index in [1.54, 1.807) is 17.8 Å². The summed E-state index contributed by atoms with van der Waals surface area (Å²) < 4.78 is 19.9. The standard InChI is InChI=1S/C19H24FN5O3.ClH/c1-2-28-18(26)11-16(13-3-5-14(20)6-4-13)22-19(27)17-12-25(24-23-17)15-7-9-21-10-8-15;/h3-6,12,15-16,21H,2,7-11H2,1H3,(H,22,27);1H. The first-order valence-electron chi connectivity index (χ1n) is 9.41. The minimum atomic E-state index is -0.656. The molecule has 2 aromatic rings. The van der Waals surface area contributed by atoms with Crippen molar-refractivity contribution in [2.45, 2.75) is 38.3 Å². The molecule has 29 heavy (non-hydrogen) atoms. The second-order valence-corrected chi connectivity index (χ2v) is 6.65. The average Bonchev–Trinajstić information content (AvgIpc) is 3.19. The maximum atomic E-state index is 13.2. The molecule has 0 bridgehead atoms. The number of amides is 1. The zero-order chi connectivity index (χ0) is 19.9. The van der Waals surface area contributed by atoms with Gasteiger partial charge in [-0.25, -0.2) is 9.07 Å². The van der Waals surface area contributed by atoms with Crippen molar-refractivity contribution in [2.24, 2.45) is 0 Å². The van der Waals surface area contributed by atoms with E-state index < -0.39 is 23.7 Å². The molecule has 0 spiro atoms. The van der Waals surface area contributed by atoms with Crippen LogP contribution in [0, 0.1) is 5.82 Å². The highest BCUT2D eigenvalue weighted by atomic mass is 35.5. The fraction of sp³-hybridized carbons (Fsp3) is 0.474. The van der Waals surface area contributed by atoms with Crippen LogP contribution in [0.25, 0.3) is 0 Å². The molecule has 1 aliphatic rings. The Morgan fingerprint density at radius 1 is 1.31 bits per heavy atom. The summed E-state index contributed by atoms with van der Waals surface area (Å²) in [5, 5.41) is 14.1. The molecular formula is C19H25ClFN5O3. The van der Waals surface area contributed by atoms with E-state index >= 15 is 0 Å². The summed E-state index contributed by atoms with van der Waals surface area (Å²) >= 11 is 0. The number of carbonyl (C=O) groups is 2. The summed E-state index contributed by atoms with van der Waals surface area (Å²) in [7, 11) is 0. The normalized spacial score (nSPS) is 15.2. The molecule has 1 unspecified atom stereocenters. The second kappa shape index (κ2) is 10.9. The van der Waals surface area contributed by atoms with Crippen molar-refractivity contribution in [1.82, 2.24) is 25.6 Å². The van der Waals surface area contributed by atoms with E-state index in [2.05, 4.69) is 20.9 Å². The van der Waals surface area contributed by atoms with Crippen LogP contribution in [-0.4, -0.2) is 46.6 Å². The number of piperidine rings is 1. The Morgan fingerprint density at radius 3 is 2.66 bits per heavy atom. The quantitative estimate of drug-likeness (QED) is 0.660. The van der Waals surface area contributed by atoms with Gasteiger partial charge in [0, 0.05) is 0 Å². The highest BCUT2D eigenvalue weighted by Gasteiger charge is 2.23. The van der Waals surface area contributed by atoms with Gasteiger partial charge in [-0.05, 0) is 50.6 Å². The Labute approximate surface area is 174 Å². The third-order valence-corrected chi connectivity index (χ3v) is 4.68. The van der Waals surface area contributed by atoms with Crippen molar-refractivity contribution >= 4 is 24.3 Å². The summed E-state index contributed by atoms with van der Waals surface area (Å²) in [5.74, 6) is -1.29. The van der Waals surface area contributed by atoms with Gasteiger partial charge in [0.2, 0.25) is 0 Å². The predicted molar refractivity (Wildman–Crippen MR) is 106 cm³/mol. The van der Waals surface area contributed by atoms with E-state index in [0.29, 0.717) is 5.56 Å². The molecule has 3 rings (SSSR count). The summed E-state index contributed by atoms with van der Waals surface area (Å²) in [4.78, 5) is 24.6. The average molecular weight is 426 g/mol. The lowest BCUT2D eigenvalue weighted by Gasteiger charge is -2.22. The van der Waals surface area contributed by atoms with Gasteiger partial charge < -0.3 is 15.4 Å². The maximum Gasteiger partial charge on any atom is 0.308 e. The topological polar surface area (TPSA) is 98.1 Å². The number of esters is 1. The van der Waals surface area contributed by atoms with Crippen LogP contribution in [-0.2, 0) is 9.53 Å². The van der Waals surface area contributed by atoms with Crippen LogP contribution in [0.2, 0.25) is 0 Å². The van der Waals surface area contributed by atoms with Crippen LogP contribution in [0.1, 0.15) is 54.3 Å². The van der Waals surface area contributed by atoms with Gasteiger partial charge in [0.15, 0.2) is 5.69 Å². The molecule has 1 amide bonds. The van der Waals surface area contributed by atoms with Gasteiger partial charge in [0.1, 0.15) is 5.82 Å². The van der Waals surface area contributed by atoms with E-state index in [1.165, 1.54) is 24.3 Å². The Balaban J connectivity index is 0.00000300. The van der Waals surface area contributed by atoms with Crippen molar-refractivity contribution in [2.75, 3.05) is 19.7 Å². The number of rotatable bonds is 7. The lowest BCUT2D eigenvalue weighted by Crippen LogP contribution is -2.31. The van der Waals surface area contributed by atoms with E-state index in [1.807, 2.05) is 0 Å². The summed E-state index contributed by atoms with van der Waals surface area (Å²) in [6.07, 6.45) is 3.40. The lowest BCUT2D eigenvalue weighted by atomic mass is 10.0. The van der Waals surface area contributed by atoms with Crippen LogP contribution in [0.3, 0.4) is 0 Å². The molecule has 1 fully saturated rings. The number of nitrogens with zero attached hydrogens (tertiary/aromatic N) is 3. The summed E-state index contributed by atoms with van der Waals surface area (Å²) in [6.45, 7) is 3.76. The molecule has 158 valence electrons. The Morgan fingerprint density at radius 2 is 2.00 bits per heavy atom. The van der Waals surface area contributed by atoms with Gasteiger partial charge in [-0.2, -0.15) is 0 Å². The number of carbonyl (C=O) groups excluding carboxylic acids is 2. The van der Waals surface area contributed by atoms with Crippen LogP contribution in [0.5, 0.6) is 0 Å². The highest BCUT2D eigenvalue weighted by Crippen LogP contribution is 2.20. The van der Waals surface area contributed by atoms with Crippen LogP contribution < -0.4 is 10.6 Å². The monoisotopic (exact) mass is 425 g/mol. The third kappa shape index (κ3) is 6.23. The fourth-order valence-electron chi connectivity index (χ4n) is 3.20. The fourth-order valence-corrected chi connectivity index (χ4v) is 3.20. The van der Waals surface area contributed by atoms with Crippen LogP contribution in [0.4, 0.5) is 4.39 Å². The summed E-state index contributed by atoms with van der Waals surface area (Å²) in [5.41, 5.74) is 0.781. The van der Waals surface area contributed by atoms with Crippen molar-refractivity contribution in [1.29, 1.82) is 0 Å². The zero-order valence-corrected chi connectivity index (χ0v) is 17.0. The molecule has 0 radical (unpaired) electrons. The Hall–Kier alpha value is -2.52.